The van der Waals surface area contributed by atoms with Crippen molar-refractivity contribution in [2.45, 2.75) is 44.1 Å². The van der Waals surface area contributed by atoms with Crippen molar-refractivity contribution in [1.82, 2.24) is 4.90 Å². The number of carboxylic acid groups (broad SMARTS) is 1. The van der Waals surface area contributed by atoms with E-state index in [1.807, 2.05) is 6.07 Å². The Labute approximate surface area is 129 Å². The minimum absolute atomic E-state index is 0.00499. The van der Waals surface area contributed by atoms with Crippen molar-refractivity contribution in [3.63, 3.8) is 0 Å². The van der Waals surface area contributed by atoms with Gasteiger partial charge in [0.25, 0.3) is 0 Å². The number of hydrogen-bond donors (Lipinski definition) is 2. The molecule has 0 saturated carbocycles. The molecule has 0 spiro atoms. The van der Waals surface area contributed by atoms with Crippen LogP contribution in [0, 0.1) is 0 Å². The number of benzene rings is 1. The standard InChI is InChI=1S/C17H21NO4/c19-15(18-8-6-17(22,7-9-18)16(20)21)11-12-4-5-13-2-1-3-14(13)10-12/h4-5,10,22H,1-3,6-9,11H2,(H,20,21). The number of aryl methyl sites for hydroxylation is 2. The monoisotopic (exact) mass is 303 g/mol. The average Bonchev–Trinajstić information content (AvgIpc) is 2.95. The molecule has 1 saturated heterocycles. The number of carboxylic acids is 1. The van der Waals surface area contributed by atoms with Crippen LogP contribution in [-0.2, 0) is 28.9 Å². The lowest BCUT2D eigenvalue weighted by Crippen LogP contribution is -2.51. The van der Waals surface area contributed by atoms with E-state index in [-0.39, 0.29) is 18.7 Å². The lowest BCUT2D eigenvalue weighted by molar-refractivity contribution is -0.165. The van der Waals surface area contributed by atoms with Gasteiger partial charge in [0.15, 0.2) is 5.60 Å². The number of aliphatic hydroxyl groups is 1. The number of rotatable bonds is 3. The third-order valence-electron chi connectivity index (χ3n) is 4.86. The van der Waals surface area contributed by atoms with Gasteiger partial charge in [0.2, 0.25) is 5.91 Å². The zero-order valence-electron chi connectivity index (χ0n) is 12.5. The fraction of sp³-hybridized carbons (Fsp3) is 0.529. The zero-order valence-corrected chi connectivity index (χ0v) is 12.5. The number of piperidine rings is 1. The van der Waals surface area contributed by atoms with Gasteiger partial charge >= 0.3 is 5.97 Å². The number of fused-ring (bicyclic) bond motifs is 1. The highest BCUT2D eigenvalue weighted by molar-refractivity contribution is 5.81. The van der Waals surface area contributed by atoms with Crippen LogP contribution in [0.4, 0.5) is 0 Å². The summed E-state index contributed by atoms with van der Waals surface area (Å²) in [6.07, 6.45) is 3.94. The molecule has 1 aromatic rings. The molecule has 1 aromatic carbocycles. The molecule has 118 valence electrons. The molecular formula is C17H21NO4. The Morgan fingerprint density at radius 3 is 2.50 bits per heavy atom. The molecule has 1 fully saturated rings. The van der Waals surface area contributed by atoms with Gasteiger partial charge in [-0.1, -0.05) is 18.2 Å². The highest BCUT2D eigenvalue weighted by atomic mass is 16.4. The highest BCUT2D eigenvalue weighted by Crippen LogP contribution is 2.25. The van der Waals surface area contributed by atoms with Crippen molar-refractivity contribution in [2.75, 3.05) is 13.1 Å². The molecule has 2 aliphatic rings. The number of amides is 1. The second kappa shape index (κ2) is 5.72. The van der Waals surface area contributed by atoms with E-state index in [4.69, 9.17) is 5.11 Å². The Morgan fingerprint density at radius 2 is 1.82 bits per heavy atom. The van der Waals surface area contributed by atoms with Crippen LogP contribution >= 0.6 is 0 Å². The summed E-state index contributed by atoms with van der Waals surface area (Å²) in [4.78, 5) is 25.0. The molecule has 1 aliphatic carbocycles. The molecule has 1 aliphatic heterocycles. The van der Waals surface area contributed by atoms with E-state index in [1.165, 1.54) is 17.5 Å². The Hall–Kier alpha value is -1.88. The summed E-state index contributed by atoms with van der Waals surface area (Å²) in [5.41, 5.74) is 2.08. The summed E-state index contributed by atoms with van der Waals surface area (Å²) < 4.78 is 0. The van der Waals surface area contributed by atoms with Crippen LogP contribution in [0.15, 0.2) is 18.2 Å². The van der Waals surface area contributed by atoms with Crippen LogP contribution < -0.4 is 0 Å². The molecule has 2 N–H and O–H groups in total. The van der Waals surface area contributed by atoms with E-state index in [1.54, 1.807) is 4.90 Å². The second-order valence-corrected chi connectivity index (χ2v) is 6.35. The van der Waals surface area contributed by atoms with Crippen LogP contribution in [0.25, 0.3) is 0 Å². The van der Waals surface area contributed by atoms with Gasteiger partial charge in [-0.2, -0.15) is 0 Å². The first-order chi connectivity index (χ1) is 10.5. The van der Waals surface area contributed by atoms with E-state index >= 15 is 0 Å². The van der Waals surface area contributed by atoms with Crippen LogP contribution in [0.3, 0.4) is 0 Å². The van der Waals surface area contributed by atoms with E-state index < -0.39 is 11.6 Å². The Bertz CT molecular complexity index is 603. The first kappa shape index (κ1) is 15.0. The molecule has 1 heterocycles. The fourth-order valence-corrected chi connectivity index (χ4v) is 3.36. The minimum Gasteiger partial charge on any atom is -0.479 e. The summed E-state index contributed by atoms with van der Waals surface area (Å²) >= 11 is 0. The third-order valence-corrected chi connectivity index (χ3v) is 4.86. The summed E-state index contributed by atoms with van der Waals surface area (Å²) in [5, 5.41) is 18.9. The first-order valence-electron chi connectivity index (χ1n) is 7.82. The fourth-order valence-electron chi connectivity index (χ4n) is 3.36. The molecule has 5 heteroatoms. The highest BCUT2D eigenvalue weighted by Gasteiger charge is 2.40. The van der Waals surface area contributed by atoms with Crippen LogP contribution in [-0.4, -0.2) is 45.7 Å². The maximum absolute atomic E-state index is 12.3. The summed E-state index contributed by atoms with van der Waals surface area (Å²) in [5.74, 6) is -1.19. The van der Waals surface area contributed by atoms with Crippen molar-refractivity contribution in [3.05, 3.63) is 34.9 Å². The molecule has 0 aromatic heterocycles. The normalized spacial score (nSPS) is 19.8. The molecule has 0 bridgehead atoms. The molecule has 3 rings (SSSR count). The van der Waals surface area contributed by atoms with E-state index in [0.29, 0.717) is 19.5 Å². The van der Waals surface area contributed by atoms with Gasteiger partial charge in [0.05, 0.1) is 6.42 Å². The maximum Gasteiger partial charge on any atom is 0.335 e. The lowest BCUT2D eigenvalue weighted by atomic mass is 9.91. The van der Waals surface area contributed by atoms with E-state index in [2.05, 4.69) is 12.1 Å². The Morgan fingerprint density at radius 1 is 1.14 bits per heavy atom. The second-order valence-electron chi connectivity index (χ2n) is 6.35. The van der Waals surface area contributed by atoms with Crippen molar-refractivity contribution in [2.24, 2.45) is 0 Å². The zero-order chi connectivity index (χ0) is 15.7. The van der Waals surface area contributed by atoms with Gasteiger partial charge in [-0.05, 0) is 36.0 Å². The van der Waals surface area contributed by atoms with Gasteiger partial charge in [-0.15, -0.1) is 0 Å². The lowest BCUT2D eigenvalue weighted by Gasteiger charge is -2.35. The SMILES string of the molecule is O=C(Cc1ccc2c(c1)CCC2)N1CCC(O)(C(=O)O)CC1. The molecule has 0 atom stereocenters. The molecule has 0 unspecified atom stereocenters. The predicted molar refractivity (Wildman–Crippen MR) is 80.6 cm³/mol. The first-order valence-corrected chi connectivity index (χ1v) is 7.82. The van der Waals surface area contributed by atoms with Crippen molar-refractivity contribution < 1.29 is 19.8 Å². The smallest absolute Gasteiger partial charge is 0.335 e. The average molecular weight is 303 g/mol. The van der Waals surface area contributed by atoms with Crippen LogP contribution in [0.1, 0.15) is 36.0 Å². The van der Waals surface area contributed by atoms with Gasteiger partial charge in [0.1, 0.15) is 0 Å². The van der Waals surface area contributed by atoms with Crippen LogP contribution in [0.5, 0.6) is 0 Å². The summed E-state index contributed by atoms with van der Waals surface area (Å²) in [7, 11) is 0. The van der Waals surface area contributed by atoms with E-state index in [0.717, 1.165) is 18.4 Å². The van der Waals surface area contributed by atoms with Crippen molar-refractivity contribution in [3.8, 4) is 0 Å². The molecule has 22 heavy (non-hydrogen) atoms. The number of carbonyl (C=O) groups is 2. The third kappa shape index (κ3) is 2.86. The van der Waals surface area contributed by atoms with Gasteiger partial charge in [-0.25, -0.2) is 4.79 Å². The predicted octanol–water partition coefficient (Wildman–Crippen LogP) is 1.16. The minimum atomic E-state index is -1.68. The number of hydrogen-bond acceptors (Lipinski definition) is 3. The molecular weight excluding hydrogens is 282 g/mol. The van der Waals surface area contributed by atoms with Gasteiger partial charge < -0.3 is 15.1 Å². The quantitative estimate of drug-likeness (QED) is 0.878. The Balaban J connectivity index is 1.60. The number of likely N-dealkylation sites (tertiary alicyclic amines) is 1. The summed E-state index contributed by atoms with van der Waals surface area (Å²) in [6, 6.07) is 6.25. The largest absolute Gasteiger partial charge is 0.479 e. The van der Waals surface area contributed by atoms with Crippen molar-refractivity contribution >= 4 is 11.9 Å². The number of nitrogens with zero attached hydrogens (tertiary/aromatic N) is 1. The maximum atomic E-state index is 12.3. The van der Waals surface area contributed by atoms with Crippen LogP contribution in [0.2, 0.25) is 0 Å². The molecule has 1 amide bonds. The number of aliphatic carboxylic acids is 1. The number of carbonyl (C=O) groups excluding carboxylic acids is 1. The summed E-state index contributed by atoms with van der Waals surface area (Å²) in [6.45, 7) is 0.596. The topological polar surface area (TPSA) is 77.8 Å². The van der Waals surface area contributed by atoms with Gasteiger partial charge in [-0.3, -0.25) is 4.79 Å². The van der Waals surface area contributed by atoms with Crippen molar-refractivity contribution in [1.29, 1.82) is 0 Å². The van der Waals surface area contributed by atoms with Gasteiger partial charge in [0, 0.05) is 25.9 Å². The van der Waals surface area contributed by atoms with E-state index in [9.17, 15) is 14.7 Å². The Kier molecular flexibility index (Phi) is 3.91. The molecule has 0 radical (unpaired) electrons. The molecule has 5 nitrogen and oxygen atoms in total.